The topological polar surface area (TPSA) is 120 Å². The van der Waals surface area contributed by atoms with Gasteiger partial charge in [-0.3, -0.25) is 9.69 Å². The van der Waals surface area contributed by atoms with Crippen LogP contribution in [0.5, 0.6) is 0 Å². The van der Waals surface area contributed by atoms with Crippen molar-refractivity contribution in [3.8, 4) is 0 Å². The molecule has 0 radical (unpaired) electrons. The number of nitrogens with one attached hydrogen (secondary N) is 2. The van der Waals surface area contributed by atoms with Gasteiger partial charge in [-0.2, -0.15) is 0 Å². The molecule has 0 bridgehead atoms. The highest BCUT2D eigenvalue weighted by molar-refractivity contribution is 5.93. The van der Waals surface area contributed by atoms with E-state index in [1.807, 2.05) is 72.8 Å². The lowest BCUT2D eigenvalue weighted by molar-refractivity contribution is -0.276. The largest absolute Gasteiger partial charge is 0.392 e. The van der Waals surface area contributed by atoms with Gasteiger partial charge in [-0.1, -0.05) is 73.7 Å². The number of carbonyl (C=O) groups excluding carboxylic acids is 2. The Labute approximate surface area is 252 Å². The molecule has 43 heavy (non-hydrogen) atoms. The van der Waals surface area contributed by atoms with Crippen molar-refractivity contribution in [2.45, 2.75) is 63.9 Å². The van der Waals surface area contributed by atoms with Crippen LogP contribution >= 0.6 is 0 Å². The van der Waals surface area contributed by atoms with Gasteiger partial charge in [-0.25, -0.2) is 4.79 Å². The highest BCUT2D eigenvalue weighted by Crippen LogP contribution is 2.42. The smallest absolute Gasteiger partial charge is 0.319 e. The van der Waals surface area contributed by atoms with Crippen LogP contribution in [0.2, 0.25) is 0 Å². The van der Waals surface area contributed by atoms with E-state index in [4.69, 9.17) is 9.47 Å². The fraction of sp³-hybridized carbons (Fsp3) is 0.412. The van der Waals surface area contributed by atoms with Gasteiger partial charge in [0.15, 0.2) is 12.1 Å². The molecule has 0 saturated carbocycles. The maximum atomic E-state index is 12.9. The van der Waals surface area contributed by atoms with Gasteiger partial charge < -0.3 is 30.3 Å². The van der Waals surface area contributed by atoms with Crippen LogP contribution in [-0.4, -0.2) is 64.8 Å². The number of Topliss-reactive ketones (excluding diaryl/α,β-unsaturated/α-hetero) is 1. The maximum Gasteiger partial charge on any atom is 0.319 e. The summed E-state index contributed by atoms with van der Waals surface area (Å²) >= 11 is 0. The zero-order valence-corrected chi connectivity index (χ0v) is 24.7. The second-order valence-corrected chi connectivity index (χ2v) is 11.6. The minimum atomic E-state index is -0.691. The van der Waals surface area contributed by atoms with Crippen LogP contribution in [0.15, 0.2) is 78.9 Å². The Morgan fingerprint density at radius 2 is 1.74 bits per heavy atom. The van der Waals surface area contributed by atoms with Crippen molar-refractivity contribution in [1.82, 2.24) is 10.2 Å². The van der Waals surface area contributed by atoms with E-state index in [1.54, 1.807) is 6.07 Å². The average Bonchev–Trinajstić information content (AvgIpc) is 3.42. The Balaban J connectivity index is 1.31. The van der Waals surface area contributed by atoms with Crippen LogP contribution in [0, 0.1) is 5.92 Å². The number of rotatable bonds is 10. The molecular formula is C34H41N3O6. The first-order chi connectivity index (χ1) is 20.8. The number of anilines is 1. The van der Waals surface area contributed by atoms with Gasteiger partial charge in [0.25, 0.3) is 0 Å². The van der Waals surface area contributed by atoms with E-state index in [-0.39, 0.29) is 36.6 Å². The summed E-state index contributed by atoms with van der Waals surface area (Å²) in [5.74, 6) is -0.102. The highest BCUT2D eigenvalue weighted by Gasteiger charge is 2.40. The SMILES string of the molecule is CC(=O)[C@@H](Cc1ccccc1)NC(=O)Nc1cccc(C2O[C@H](CN3CC[C@@H](O)C3)[C@H](C)[C@H](c3ccc(CO)cc3)O2)c1. The molecule has 2 heterocycles. The first-order valence-electron chi connectivity index (χ1n) is 14.9. The second-order valence-electron chi connectivity index (χ2n) is 11.6. The van der Waals surface area contributed by atoms with Gasteiger partial charge in [0.05, 0.1) is 31.0 Å². The summed E-state index contributed by atoms with van der Waals surface area (Å²) < 4.78 is 13.1. The molecule has 4 N–H and O–H groups in total. The number of nitrogens with zero attached hydrogens (tertiary/aromatic N) is 1. The number of β-amino-alcohol motifs (C(OH)–C–C–N with tert-alkyl or cyclic N) is 1. The van der Waals surface area contributed by atoms with Gasteiger partial charge in [-0.05, 0) is 48.6 Å². The molecule has 1 unspecified atom stereocenters. The molecule has 2 aliphatic heterocycles. The van der Waals surface area contributed by atoms with Crippen molar-refractivity contribution in [3.63, 3.8) is 0 Å². The summed E-state index contributed by atoms with van der Waals surface area (Å²) in [6.45, 7) is 5.65. The standard InChI is InChI=1S/C34H41N3O6/c1-22-31(20-37-16-15-29(40)19-37)42-33(43-32(22)26-13-11-25(21-38)12-14-26)27-9-6-10-28(18-27)35-34(41)36-30(23(2)39)17-24-7-4-3-5-8-24/h3-14,18,22,29-33,38,40H,15-17,19-21H2,1-2H3,(H2,35,36,41)/t22-,29+,30+,31+,32+,33?/m0/s1. The molecule has 0 spiro atoms. The summed E-state index contributed by atoms with van der Waals surface area (Å²) in [7, 11) is 0. The van der Waals surface area contributed by atoms with E-state index < -0.39 is 18.4 Å². The van der Waals surface area contributed by atoms with Crippen LogP contribution in [0.4, 0.5) is 10.5 Å². The molecule has 2 fully saturated rings. The Morgan fingerprint density at radius 1 is 0.977 bits per heavy atom. The Kier molecular flexibility index (Phi) is 10.2. The minimum absolute atomic E-state index is 0.0224. The molecule has 0 aromatic heterocycles. The molecule has 228 valence electrons. The second kappa shape index (κ2) is 14.2. The van der Waals surface area contributed by atoms with Crippen LogP contribution in [0.3, 0.4) is 0 Å². The Morgan fingerprint density at radius 3 is 2.42 bits per heavy atom. The minimum Gasteiger partial charge on any atom is -0.392 e. The van der Waals surface area contributed by atoms with Crippen molar-refractivity contribution < 1.29 is 29.3 Å². The van der Waals surface area contributed by atoms with Crippen LogP contribution < -0.4 is 10.6 Å². The third-order valence-corrected chi connectivity index (χ3v) is 8.30. The Bertz CT molecular complexity index is 1370. The van der Waals surface area contributed by atoms with Crippen LogP contribution in [0.25, 0.3) is 0 Å². The zero-order valence-electron chi connectivity index (χ0n) is 24.7. The first kappa shape index (κ1) is 30.8. The number of benzene rings is 3. The summed E-state index contributed by atoms with van der Waals surface area (Å²) in [5.41, 5.74) is 4.08. The highest BCUT2D eigenvalue weighted by atomic mass is 16.7. The molecule has 3 aromatic rings. The number of ether oxygens (including phenoxy) is 2. The molecule has 2 aliphatic rings. The number of urea groups is 1. The fourth-order valence-electron chi connectivity index (χ4n) is 5.80. The lowest BCUT2D eigenvalue weighted by Gasteiger charge is -2.42. The van der Waals surface area contributed by atoms with Gasteiger partial charge in [-0.15, -0.1) is 0 Å². The first-order valence-corrected chi connectivity index (χ1v) is 14.9. The molecular weight excluding hydrogens is 546 g/mol. The van der Waals surface area contributed by atoms with Crippen molar-refractivity contribution in [1.29, 1.82) is 0 Å². The van der Waals surface area contributed by atoms with Crippen molar-refractivity contribution in [2.75, 3.05) is 25.0 Å². The van der Waals surface area contributed by atoms with Gasteiger partial charge in [0.2, 0.25) is 0 Å². The quantitative estimate of drug-likeness (QED) is 0.278. The van der Waals surface area contributed by atoms with Crippen molar-refractivity contribution in [3.05, 3.63) is 101 Å². The Hall–Kier alpha value is -3.60. The van der Waals surface area contributed by atoms with Crippen molar-refractivity contribution >= 4 is 17.5 Å². The third kappa shape index (κ3) is 8.07. The van der Waals surface area contributed by atoms with E-state index in [1.165, 1.54) is 6.92 Å². The number of hydrogen-bond acceptors (Lipinski definition) is 7. The van der Waals surface area contributed by atoms with E-state index in [2.05, 4.69) is 22.5 Å². The summed E-state index contributed by atoms with van der Waals surface area (Å²) in [4.78, 5) is 27.4. The average molecular weight is 588 g/mol. The number of ketones is 1. The zero-order chi connectivity index (χ0) is 30.3. The molecule has 6 atom stereocenters. The molecule has 3 aromatic carbocycles. The lowest BCUT2D eigenvalue weighted by Crippen LogP contribution is -2.44. The molecule has 9 nitrogen and oxygen atoms in total. The number of hydrogen-bond donors (Lipinski definition) is 4. The summed E-state index contributed by atoms with van der Waals surface area (Å²) in [6.07, 6.45) is -0.291. The molecule has 2 saturated heterocycles. The monoisotopic (exact) mass is 587 g/mol. The van der Waals surface area contributed by atoms with E-state index >= 15 is 0 Å². The summed E-state index contributed by atoms with van der Waals surface area (Å²) in [5, 5.41) is 25.2. The number of amides is 2. The third-order valence-electron chi connectivity index (χ3n) is 8.30. The molecule has 0 aliphatic carbocycles. The van der Waals surface area contributed by atoms with E-state index in [0.717, 1.165) is 35.2 Å². The predicted molar refractivity (Wildman–Crippen MR) is 163 cm³/mol. The van der Waals surface area contributed by atoms with Gasteiger partial charge in [0.1, 0.15) is 0 Å². The summed E-state index contributed by atoms with van der Waals surface area (Å²) in [6, 6.07) is 23.6. The maximum absolute atomic E-state index is 12.9. The van der Waals surface area contributed by atoms with Crippen molar-refractivity contribution in [2.24, 2.45) is 5.92 Å². The van der Waals surface area contributed by atoms with Gasteiger partial charge in [0, 0.05) is 36.8 Å². The number of aliphatic hydroxyl groups is 2. The number of carbonyl (C=O) groups is 2. The van der Waals surface area contributed by atoms with Gasteiger partial charge >= 0.3 is 6.03 Å². The predicted octanol–water partition coefficient (Wildman–Crippen LogP) is 4.36. The van der Waals surface area contributed by atoms with Crippen LogP contribution in [-0.2, 0) is 27.3 Å². The molecule has 5 rings (SSSR count). The van der Waals surface area contributed by atoms with E-state index in [9.17, 15) is 19.8 Å². The van der Waals surface area contributed by atoms with E-state index in [0.29, 0.717) is 25.2 Å². The lowest BCUT2D eigenvalue weighted by atomic mass is 9.90. The fourth-order valence-corrected chi connectivity index (χ4v) is 5.80. The number of aliphatic hydroxyl groups excluding tert-OH is 2. The van der Waals surface area contributed by atoms with Crippen LogP contribution in [0.1, 0.15) is 54.9 Å². The normalized spacial score (nSPS) is 24.8. The number of likely N-dealkylation sites (tertiary alicyclic amines) is 1. The molecule has 2 amide bonds. The molecule has 9 heteroatoms.